The second-order valence-corrected chi connectivity index (χ2v) is 8.02. The van der Waals surface area contributed by atoms with Crippen LogP contribution >= 0.6 is 0 Å². The third kappa shape index (κ3) is 4.84. The molecule has 6 nitrogen and oxygen atoms in total. The van der Waals surface area contributed by atoms with Crippen molar-refractivity contribution in [3.63, 3.8) is 0 Å². The first-order valence-electron chi connectivity index (χ1n) is 11.1. The lowest BCUT2D eigenvalue weighted by molar-refractivity contribution is 0.0716. The smallest absolute Gasteiger partial charge is 0.274 e. The van der Waals surface area contributed by atoms with E-state index in [1.54, 1.807) is 0 Å². The van der Waals surface area contributed by atoms with Crippen LogP contribution in [0.25, 0.3) is 0 Å². The maximum absolute atomic E-state index is 13.2. The van der Waals surface area contributed by atoms with Crippen LogP contribution in [-0.2, 0) is 19.4 Å². The molecule has 0 bridgehead atoms. The number of fused-ring (bicyclic) bond motifs is 1. The SMILES string of the molecule is C=CCn1nc(C(=O)N2CCCCC2)c2c1CC[C@H](NCCN(CC)CC)C2. The summed E-state index contributed by atoms with van der Waals surface area (Å²) in [5, 5.41) is 8.47. The summed E-state index contributed by atoms with van der Waals surface area (Å²) < 4.78 is 2.01. The van der Waals surface area contributed by atoms with E-state index in [0.29, 0.717) is 18.3 Å². The first kappa shape index (κ1) is 21.1. The van der Waals surface area contributed by atoms with Gasteiger partial charge in [-0.25, -0.2) is 0 Å². The van der Waals surface area contributed by atoms with Crippen molar-refractivity contribution in [2.45, 2.75) is 65.0 Å². The van der Waals surface area contributed by atoms with Crippen LogP contribution in [0.1, 0.15) is 61.3 Å². The highest BCUT2D eigenvalue weighted by Gasteiger charge is 2.31. The van der Waals surface area contributed by atoms with Crippen LogP contribution in [0.5, 0.6) is 0 Å². The van der Waals surface area contributed by atoms with Gasteiger partial charge in [0.2, 0.25) is 0 Å². The maximum Gasteiger partial charge on any atom is 0.274 e. The molecular formula is C22H37N5O. The lowest BCUT2D eigenvalue weighted by atomic mass is 9.91. The molecule has 1 aliphatic heterocycles. The quantitative estimate of drug-likeness (QED) is 0.662. The summed E-state index contributed by atoms with van der Waals surface area (Å²) in [4.78, 5) is 17.6. The zero-order valence-electron chi connectivity index (χ0n) is 17.8. The van der Waals surface area contributed by atoms with Crippen molar-refractivity contribution in [3.8, 4) is 0 Å². The van der Waals surface area contributed by atoms with Crippen molar-refractivity contribution in [3.05, 3.63) is 29.6 Å². The Labute approximate surface area is 170 Å². The number of nitrogens with one attached hydrogen (secondary N) is 1. The molecule has 1 fully saturated rings. The average molecular weight is 388 g/mol. The number of hydrogen-bond acceptors (Lipinski definition) is 4. The Morgan fingerprint density at radius 1 is 1.29 bits per heavy atom. The van der Waals surface area contributed by atoms with Crippen molar-refractivity contribution in [1.82, 2.24) is 24.9 Å². The monoisotopic (exact) mass is 387 g/mol. The van der Waals surface area contributed by atoms with E-state index in [1.807, 2.05) is 15.7 Å². The minimum absolute atomic E-state index is 0.127. The van der Waals surface area contributed by atoms with Crippen LogP contribution in [0, 0.1) is 0 Å². The van der Waals surface area contributed by atoms with Gasteiger partial charge in [-0.05, 0) is 51.6 Å². The Balaban J connectivity index is 1.71. The molecule has 0 spiro atoms. The Morgan fingerprint density at radius 2 is 2.04 bits per heavy atom. The van der Waals surface area contributed by atoms with E-state index in [9.17, 15) is 4.79 Å². The highest BCUT2D eigenvalue weighted by atomic mass is 16.2. The summed E-state index contributed by atoms with van der Waals surface area (Å²) in [6.45, 7) is 15.0. The lowest BCUT2D eigenvalue weighted by Crippen LogP contribution is -2.41. The molecule has 1 aromatic rings. The predicted molar refractivity (Wildman–Crippen MR) is 114 cm³/mol. The zero-order valence-corrected chi connectivity index (χ0v) is 17.8. The summed E-state index contributed by atoms with van der Waals surface area (Å²) in [6, 6.07) is 0.428. The largest absolute Gasteiger partial charge is 0.337 e. The molecule has 1 atom stereocenters. The van der Waals surface area contributed by atoms with E-state index < -0.39 is 0 Å². The number of carbonyl (C=O) groups is 1. The molecule has 1 N–H and O–H groups in total. The second-order valence-electron chi connectivity index (χ2n) is 8.02. The second kappa shape index (κ2) is 10.2. The van der Waals surface area contributed by atoms with Crippen molar-refractivity contribution in [1.29, 1.82) is 0 Å². The molecule has 0 radical (unpaired) electrons. The van der Waals surface area contributed by atoms with Crippen molar-refractivity contribution in [2.75, 3.05) is 39.3 Å². The highest BCUT2D eigenvalue weighted by Crippen LogP contribution is 2.27. The van der Waals surface area contributed by atoms with Crippen molar-refractivity contribution >= 4 is 5.91 Å². The summed E-state index contributed by atoms with van der Waals surface area (Å²) in [5.74, 6) is 0.127. The molecule has 1 amide bonds. The van der Waals surface area contributed by atoms with Gasteiger partial charge < -0.3 is 15.1 Å². The van der Waals surface area contributed by atoms with Crippen molar-refractivity contribution in [2.24, 2.45) is 0 Å². The molecule has 3 rings (SSSR count). The minimum Gasteiger partial charge on any atom is -0.337 e. The summed E-state index contributed by atoms with van der Waals surface area (Å²) in [7, 11) is 0. The van der Waals surface area contributed by atoms with Gasteiger partial charge >= 0.3 is 0 Å². The van der Waals surface area contributed by atoms with E-state index >= 15 is 0 Å². The van der Waals surface area contributed by atoms with E-state index in [4.69, 9.17) is 5.10 Å². The molecule has 0 aromatic carbocycles. The fourth-order valence-electron chi connectivity index (χ4n) is 4.52. The van der Waals surface area contributed by atoms with Crippen molar-refractivity contribution < 1.29 is 4.79 Å². The van der Waals surface area contributed by atoms with Gasteiger partial charge in [-0.15, -0.1) is 6.58 Å². The van der Waals surface area contributed by atoms with Crippen LogP contribution in [0.2, 0.25) is 0 Å². The van der Waals surface area contributed by atoms with Gasteiger partial charge in [-0.3, -0.25) is 9.48 Å². The standard InChI is InChI=1S/C22H37N5O/c1-4-13-27-20-11-10-18(23-12-16-25(5-2)6-3)17-19(20)21(24-27)22(28)26-14-8-7-9-15-26/h4,18,23H,1,5-17H2,2-3H3/t18-/m0/s1. The first-order chi connectivity index (χ1) is 13.7. The number of nitrogens with zero attached hydrogens (tertiary/aromatic N) is 4. The number of rotatable bonds is 9. The molecule has 6 heteroatoms. The van der Waals surface area contributed by atoms with Crippen LogP contribution in [0.3, 0.4) is 0 Å². The van der Waals surface area contributed by atoms with Gasteiger partial charge in [0.25, 0.3) is 5.91 Å². The van der Waals surface area contributed by atoms with E-state index in [1.165, 1.54) is 17.7 Å². The normalized spacial score (nSPS) is 19.7. The number of hydrogen-bond donors (Lipinski definition) is 1. The Hall–Kier alpha value is -1.66. The maximum atomic E-state index is 13.2. The Kier molecular flexibility index (Phi) is 7.68. The molecule has 1 aliphatic carbocycles. The summed E-state index contributed by atoms with van der Waals surface area (Å²) in [6.07, 6.45) is 8.30. The number of carbonyl (C=O) groups excluding carboxylic acids is 1. The van der Waals surface area contributed by atoms with Crippen LogP contribution in [0.4, 0.5) is 0 Å². The number of likely N-dealkylation sites (tertiary alicyclic amines) is 1. The predicted octanol–water partition coefficient (Wildman–Crippen LogP) is 2.48. The number of likely N-dealkylation sites (N-methyl/N-ethyl adjacent to an activating group) is 1. The van der Waals surface area contributed by atoms with Crippen LogP contribution in [-0.4, -0.2) is 70.8 Å². The third-order valence-electron chi connectivity index (χ3n) is 6.25. The molecule has 0 unspecified atom stereocenters. The Bertz CT molecular complexity index is 658. The van der Waals surface area contributed by atoms with Crippen LogP contribution < -0.4 is 5.32 Å². The number of amides is 1. The average Bonchev–Trinajstić information content (AvgIpc) is 3.09. The van der Waals surface area contributed by atoms with E-state index in [-0.39, 0.29) is 5.91 Å². The Morgan fingerprint density at radius 3 is 2.71 bits per heavy atom. The van der Waals surface area contributed by atoms with Gasteiger partial charge in [0.05, 0.1) is 6.54 Å². The fraction of sp³-hybridized carbons (Fsp3) is 0.727. The zero-order chi connectivity index (χ0) is 19.9. The molecule has 28 heavy (non-hydrogen) atoms. The molecule has 1 saturated heterocycles. The summed E-state index contributed by atoms with van der Waals surface area (Å²) in [5.41, 5.74) is 3.10. The number of aromatic nitrogens is 2. The van der Waals surface area contributed by atoms with Gasteiger partial charge in [0.1, 0.15) is 0 Å². The third-order valence-corrected chi connectivity index (χ3v) is 6.25. The van der Waals surface area contributed by atoms with Crippen LogP contribution in [0.15, 0.2) is 12.7 Å². The molecule has 156 valence electrons. The van der Waals surface area contributed by atoms with Gasteiger partial charge in [-0.2, -0.15) is 5.10 Å². The number of piperidine rings is 1. The molecule has 1 aromatic heterocycles. The molecular weight excluding hydrogens is 350 g/mol. The molecule has 2 aliphatic rings. The van der Waals surface area contributed by atoms with Gasteiger partial charge in [-0.1, -0.05) is 19.9 Å². The fourth-order valence-corrected chi connectivity index (χ4v) is 4.52. The topological polar surface area (TPSA) is 53.4 Å². The van der Waals surface area contributed by atoms with E-state index in [2.05, 4.69) is 30.6 Å². The van der Waals surface area contributed by atoms with E-state index in [0.717, 1.165) is 71.4 Å². The number of allylic oxidation sites excluding steroid dienone is 1. The minimum atomic E-state index is 0.127. The van der Waals surface area contributed by atoms with Gasteiger partial charge in [0, 0.05) is 43.5 Å². The molecule has 2 heterocycles. The van der Waals surface area contributed by atoms with Gasteiger partial charge in [0.15, 0.2) is 5.69 Å². The lowest BCUT2D eigenvalue weighted by Gasteiger charge is -2.28. The summed E-state index contributed by atoms with van der Waals surface area (Å²) >= 11 is 0. The first-order valence-corrected chi connectivity index (χ1v) is 11.1. The molecule has 0 saturated carbocycles. The highest BCUT2D eigenvalue weighted by molar-refractivity contribution is 5.94.